The summed E-state index contributed by atoms with van der Waals surface area (Å²) in [6.07, 6.45) is 7.87. The summed E-state index contributed by atoms with van der Waals surface area (Å²) in [4.78, 5) is 41.0. The number of carbonyl (C=O) groups excluding carboxylic acids is 2. The monoisotopic (exact) mass is 771 g/mol. The van der Waals surface area contributed by atoms with E-state index in [4.69, 9.17) is 4.74 Å². The van der Waals surface area contributed by atoms with Crippen LogP contribution in [0, 0.1) is 5.41 Å². The minimum atomic E-state index is -3.82. The predicted octanol–water partition coefficient (Wildman–Crippen LogP) is 6.23. The number of ether oxygens (including phenoxy) is 1. The summed E-state index contributed by atoms with van der Waals surface area (Å²) in [7, 11) is -5.52. The molecular formula is C38H49N3O8S3. The molecule has 0 spiro atoms. The molecule has 3 N–H and O–H groups in total. The van der Waals surface area contributed by atoms with Crippen LogP contribution >= 0.6 is 11.8 Å². The fourth-order valence-corrected chi connectivity index (χ4v) is 9.85. The highest BCUT2D eigenvalue weighted by molar-refractivity contribution is 7.98. The molecule has 3 unspecified atom stereocenters. The lowest BCUT2D eigenvalue weighted by atomic mass is 9.79. The van der Waals surface area contributed by atoms with Crippen LogP contribution in [0.1, 0.15) is 70.4 Å². The van der Waals surface area contributed by atoms with Gasteiger partial charge in [0.15, 0.2) is 16.4 Å². The van der Waals surface area contributed by atoms with Gasteiger partial charge in [0, 0.05) is 40.8 Å². The first-order valence-corrected chi connectivity index (χ1v) is 21.9. The number of carboxylic acid groups (broad SMARTS) is 1. The molecule has 1 heterocycles. The summed E-state index contributed by atoms with van der Waals surface area (Å²) in [5, 5.41) is 13.2. The first kappa shape index (κ1) is 40.9. The van der Waals surface area contributed by atoms with E-state index in [1.165, 1.54) is 24.1 Å². The van der Waals surface area contributed by atoms with E-state index in [1.807, 2.05) is 42.7 Å². The zero-order chi connectivity index (χ0) is 37.9. The molecule has 14 heteroatoms. The number of carboxylic acids is 1. The van der Waals surface area contributed by atoms with E-state index in [-0.39, 0.29) is 16.4 Å². The number of anilines is 2. The molecular weight excluding hydrogens is 723 g/mol. The minimum absolute atomic E-state index is 0.00579. The van der Waals surface area contributed by atoms with Crippen molar-refractivity contribution in [3.05, 3.63) is 78.4 Å². The van der Waals surface area contributed by atoms with Crippen LogP contribution in [0.15, 0.2) is 82.6 Å². The van der Waals surface area contributed by atoms with Crippen molar-refractivity contribution in [2.45, 2.75) is 80.0 Å². The van der Waals surface area contributed by atoms with E-state index in [0.29, 0.717) is 22.7 Å². The van der Waals surface area contributed by atoms with Gasteiger partial charge in [0.2, 0.25) is 5.91 Å². The van der Waals surface area contributed by atoms with E-state index >= 15 is 0 Å². The third kappa shape index (κ3) is 10.6. The molecule has 0 aromatic heterocycles. The maximum atomic E-state index is 14.4. The summed E-state index contributed by atoms with van der Waals surface area (Å²) < 4.78 is 47.0. The van der Waals surface area contributed by atoms with Gasteiger partial charge in [-0.3, -0.25) is 18.6 Å². The number of amides is 2. The van der Waals surface area contributed by atoms with Crippen molar-refractivity contribution >= 4 is 61.6 Å². The second kappa shape index (κ2) is 18.7. The largest absolute Gasteiger partial charge is 0.483 e. The van der Waals surface area contributed by atoms with Crippen LogP contribution in [-0.4, -0.2) is 72.3 Å². The highest BCUT2D eigenvalue weighted by Crippen LogP contribution is 2.47. The number of thioether (sulfide) groups is 1. The number of benzene rings is 3. The molecule has 0 fully saturated rings. The normalized spacial score (nSPS) is 16.4. The Morgan fingerprint density at radius 2 is 1.60 bits per heavy atom. The number of fused-ring (bicyclic) bond motifs is 1. The Balaban J connectivity index is 1.67. The molecule has 3 atom stereocenters. The van der Waals surface area contributed by atoms with E-state index in [1.54, 1.807) is 30.3 Å². The van der Waals surface area contributed by atoms with Crippen molar-refractivity contribution in [3.8, 4) is 5.75 Å². The van der Waals surface area contributed by atoms with Crippen LogP contribution < -0.4 is 20.3 Å². The minimum Gasteiger partial charge on any atom is -0.483 e. The van der Waals surface area contributed by atoms with Crippen molar-refractivity contribution in [2.75, 3.05) is 36.3 Å². The molecule has 0 aliphatic carbocycles. The number of hydrogen-bond acceptors (Lipinski definition) is 9. The van der Waals surface area contributed by atoms with Crippen molar-refractivity contribution in [3.63, 3.8) is 0 Å². The average Bonchev–Trinajstić information content (AvgIpc) is 3.22. The molecule has 3 aromatic carbocycles. The fraction of sp³-hybridized carbons (Fsp3) is 0.447. The fourth-order valence-electron chi connectivity index (χ4n) is 6.52. The molecule has 0 saturated carbocycles. The number of sulfone groups is 1. The van der Waals surface area contributed by atoms with E-state index in [2.05, 4.69) is 29.4 Å². The number of unbranched alkanes of at least 4 members (excludes halogenated alkanes) is 2. The predicted molar refractivity (Wildman–Crippen MR) is 206 cm³/mol. The van der Waals surface area contributed by atoms with Crippen molar-refractivity contribution in [1.82, 2.24) is 10.6 Å². The number of carbonyl (C=O) groups is 3. The summed E-state index contributed by atoms with van der Waals surface area (Å²) in [5.41, 5.74) is 1.40. The van der Waals surface area contributed by atoms with Gasteiger partial charge in [-0.15, -0.1) is 11.8 Å². The highest BCUT2D eigenvalue weighted by atomic mass is 32.2. The maximum absolute atomic E-state index is 14.4. The van der Waals surface area contributed by atoms with Gasteiger partial charge in [-0.1, -0.05) is 88.1 Å². The second-order valence-corrected chi connectivity index (χ2v) is 17.5. The third-order valence-electron chi connectivity index (χ3n) is 9.17. The van der Waals surface area contributed by atoms with Crippen LogP contribution in [0.4, 0.5) is 11.4 Å². The topological polar surface area (TPSA) is 159 Å². The number of hydrogen-bond donors (Lipinski definition) is 3. The van der Waals surface area contributed by atoms with Gasteiger partial charge >= 0.3 is 5.97 Å². The molecule has 0 saturated heterocycles. The molecule has 4 rings (SSSR count). The summed E-state index contributed by atoms with van der Waals surface area (Å²) >= 11 is 1.36. The lowest BCUT2D eigenvalue weighted by Crippen LogP contribution is -2.47. The summed E-state index contributed by atoms with van der Waals surface area (Å²) in [5.74, 6) is -2.44. The number of aliphatic carboxylic acids is 1. The molecule has 282 valence electrons. The molecule has 1 aliphatic rings. The quantitative estimate of drug-likeness (QED) is 0.127. The Hall–Kier alpha value is -3.88. The van der Waals surface area contributed by atoms with Crippen molar-refractivity contribution in [1.29, 1.82) is 0 Å². The van der Waals surface area contributed by atoms with Gasteiger partial charge in [0.05, 0.1) is 27.7 Å². The third-order valence-corrected chi connectivity index (χ3v) is 13.0. The number of nitrogens with one attached hydrogen (secondary N) is 2. The zero-order valence-electron chi connectivity index (χ0n) is 30.1. The van der Waals surface area contributed by atoms with E-state index in [9.17, 15) is 32.1 Å². The zero-order valence-corrected chi connectivity index (χ0v) is 32.6. The first-order chi connectivity index (χ1) is 24.8. The molecule has 11 nitrogen and oxygen atoms in total. The number of rotatable bonds is 18. The molecule has 0 bridgehead atoms. The van der Waals surface area contributed by atoms with Gasteiger partial charge in [-0.25, -0.2) is 8.42 Å². The molecule has 52 heavy (non-hydrogen) atoms. The second-order valence-electron chi connectivity index (χ2n) is 13.2. The Kier molecular flexibility index (Phi) is 14.7. The van der Waals surface area contributed by atoms with Crippen molar-refractivity contribution < 1.29 is 36.9 Å². The lowest BCUT2D eigenvalue weighted by Gasteiger charge is -2.37. The van der Waals surface area contributed by atoms with Crippen LogP contribution in [0.2, 0.25) is 0 Å². The Morgan fingerprint density at radius 1 is 0.981 bits per heavy atom. The van der Waals surface area contributed by atoms with E-state index < -0.39 is 68.3 Å². The molecule has 3 aromatic rings. The summed E-state index contributed by atoms with van der Waals surface area (Å²) in [6.45, 7) is 4.23. The maximum Gasteiger partial charge on any atom is 0.306 e. The van der Waals surface area contributed by atoms with Crippen LogP contribution in [0.5, 0.6) is 5.75 Å². The molecule has 0 radical (unpaired) electrons. The standard InChI is InChI=1S/C38H49N3O8S3/c1-5-7-19-38(20-8-6-2)25-41(28-17-13-10-14-18-28)29-21-31(50-3)30(22-32(29)52(47,48)26-38)49-24-33(42)39-36(27-15-11-9-12-16-27)37(45)40-34(51(4)46)23-35(43)44/h9-18,21-22,34,36H,5-8,19-20,23-26H2,1-4H3,(H,39,42)(H,40,45)(H,43,44). The van der Waals surface area contributed by atoms with E-state index in [0.717, 1.165) is 44.2 Å². The van der Waals surface area contributed by atoms with Crippen LogP contribution in [0.3, 0.4) is 0 Å². The lowest BCUT2D eigenvalue weighted by molar-refractivity contribution is -0.137. The number of nitrogens with zero attached hydrogens (tertiary/aromatic N) is 1. The number of para-hydroxylation sites is 1. The Morgan fingerprint density at radius 3 is 2.15 bits per heavy atom. The molecule has 1 aliphatic heterocycles. The van der Waals surface area contributed by atoms with Crippen LogP contribution in [0.25, 0.3) is 0 Å². The Labute approximate surface area is 313 Å². The van der Waals surface area contributed by atoms with Crippen LogP contribution in [-0.2, 0) is 35.0 Å². The van der Waals surface area contributed by atoms with Gasteiger partial charge in [-0.05, 0) is 42.9 Å². The average molecular weight is 772 g/mol. The van der Waals surface area contributed by atoms with Gasteiger partial charge < -0.3 is 25.4 Å². The Bertz CT molecular complexity index is 1820. The van der Waals surface area contributed by atoms with Gasteiger partial charge in [-0.2, -0.15) is 0 Å². The SMILES string of the molecule is CCCCC1(CCCC)CN(c2ccccc2)c2cc(SC)c(OCC(=O)NC(C(=O)NC(CC(=O)O)S(C)=O)c3ccccc3)cc2S(=O)(=O)C1. The van der Waals surface area contributed by atoms with Gasteiger partial charge in [0.25, 0.3) is 5.91 Å². The highest BCUT2D eigenvalue weighted by Gasteiger charge is 2.42. The first-order valence-electron chi connectivity index (χ1n) is 17.4. The smallest absolute Gasteiger partial charge is 0.306 e. The van der Waals surface area contributed by atoms with Crippen molar-refractivity contribution in [2.24, 2.45) is 5.41 Å². The summed E-state index contributed by atoms with van der Waals surface area (Å²) in [6, 6.07) is 20.2. The van der Waals surface area contributed by atoms with Gasteiger partial charge in [0.1, 0.15) is 17.2 Å². The molecule has 2 amide bonds.